The van der Waals surface area contributed by atoms with Gasteiger partial charge >= 0.3 is 5.69 Å². The molecule has 0 aliphatic carbocycles. The van der Waals surface area contributed by atoms with Crippen LogP contribution in [0.25, 0.3) is 0 Å². The molecule has 2 aliphatic rings. The number of H-pyrrole nitrogens is 1. The van der Waals surface area contributed by atoms with Crippen LogP contribution in [0.4, 0.5) is 4.39 Å². The molecular weight excluding hydrogens is 331 g/mol. The molecule has 1 spiro atoms. The summed E-state index contributed by atoms with van der Waals surface area (Å²) in [6.45, 7) is -0.0434. The first kappa shape index (κ1) is 16.2. The number of ether oxygens (including phenoxy) is 2. The number of nitrogens with zero attached hydrogens (tertiary/aromatic N) is 1. The molecular formula is C17H17FN2O5. The third-order valence-electron chi connectivity index (χ3n) is 4.92. The van der Waals surface area contributed by atoms with E-state index >= 15 is 0 Å². The van der Waals surface area contributed by atoms with Crippen LogP contribution in [0.5, 0.6) is 0 Å². The van der Waals surface area contributed by atoms with Gasteiger partial charge in [0.1, 0.15) is 12.2 Å². The smallest absolute Gasteiger partial charge is 0.328 e. The molecule has 1 aromatic heterocycles. The van der Waals surface area contributed by atoms with Crippen LogP contribution in [0.1, 0.15) is 17.7 Å². The van der Waals surface area contributed by atoms with E-state index in [2.05, 4.69) is 4.98 Å². The maximum atomic E-state index is 15.0. The number of aromatic nitrogens is 2. The Hall–Kier alpha value is -2.29. The van der Waals surface area contributed by atoms with Crippen molar-refractivity contribution in [3.05, 3.63) is 69.0 Å². The van der Waals surface area contributed by atoms with Crippen molar-refractivity contribution >= 4 is 0 Å². The lowest BCUT2D eigenvalue weighted by Crippen LogP contribution is -2.68. The van der Waals surface area contributed by atoms with Crippen LogP contribution >= 0.6 is 0 Å². The van der Waals surface area contributed by atoms with E-state index in [0.29, 0.717) is 0 Å². The first-order valence-corrected chi connectivity index (χ1v) is 7.97. The average molecular weight is 348 g/mol. The summed E-state index contributed by atoms with van der Waals surface area (Å²) < 4.78 is 27.4. The molecule has 0 bridgehead atoms. The Kier molecular flexibility index (Phi) is 3.82. The number of nitrogens with one attached hydrogen (secondary N) is 1. The number of alkyl halides is 1. The number of hydrogen-bond donors (Lipinski definition) is 2. The lowest BCUT2D eigenvalue weighted by Gasteiger charge is -2.55. The van der Waals surface area contributed by atoms with Crippen LogP contribution in [0.15, 0.2) is 52.2 Å². The number of aliphatic hydroxyl groups is 1. The lowest BCUT2D eigenvalue weighted by atomic mass is 9.77. The molecule has 0 amide bonds. The van der Waals surface area contributed by atoms with Gasteiger partial charge in [0.2, 0.25) is 0 Å². The molecule has 2 saturated heterocycles. The molecule has 132 valence electrons. The number of halogens is 1. The molecule has 5 unspecified atom stereocenters. The van der Waals surface area contributed by atoms with Crippen molar-refractivity contribution in [3.8, 4) is 0 Å². The highest BCUT2D eigenvalue weighted by molar-refractivity contribution is 5.26. The van der Waals surface area contributed by atoms with Crippen LogP contribution in [-0.2, 0) is 9.47 Å². The summed E-state index contributed by atoms with van der Waals surface area (Å²) >= 11 is 0. The van der Waals surface area contributed by atoms with Crippen molar-refractivity contribution in [1.29, 1.82) is 0 Å². The predicted octanol–water partition coefficient (Wildman–Crippen LogP) is 0.317. The highest BCUT2D eigenvalue weighted by Crippen LogP contribution is 2.49. The van der Waals surface area contributed by atoms with E-state index in [0.717, 1.165) is 16.2 Å². The van der Waals surface area contributed by atoms with Gasteiger partial charge in [-0.2, -0.15) is 0 Å². The van der Waals surface area contributed by atoms with Gasteiger partial charge in [0, 0.05) is 12.3 Å². The molecule has 8 heteroatoms. The fourth-order valence-electron chi connectivity index (χ4n) is 3.51. The monoisotopic (exact) mass is 348 g/mol. The van der Waals surface area contributed by atoms with Gasteiger partial charge in [0.15, 0.2) is 11.8 Å². The minimum absolute atomic E-state index is 0.0708. The molecule has 7 nitrogen and oxygen atoms in total. The second-order valence-corrected chi connectivity index (χ2v) is 6.34. The Morgan fingerprint density at radius 3 is 2.64 bits per heavy atom. The Bertz CT molecular complexity index is 882. The number of aliphatic hydroxyl groups excluding tert-OH is 1. The fraction of sp³-hybridized carbons (Fsp3) is 0.412. The SMILES string of the molecule is O=c1ccn(C2COC3(COC3c3ccccc3)C(O)C2F)c(=O)[nH]1. The van der Waals surface area contributed by atoms with Crippen molar-refractivity contribution in [2.24, 2.45) is 0 Å². The third kappa shape index (κ3) is 2.45. The average Bonchev–Trinajstić information content (AvgIpc) is 2.58. The van der Waals surface area contributed by atoms with Crippen molar-refractivity contribution in [2.45, 2.75) is 30.0 Å². The Morgan fingerprint density at radius 2 is 2.00 bits per heavy atom. The molecule has 25 heavy (non-hydrogen) atoms. The van der Waals surface area contributed by atoms with Crippen LogP contribution in [0.2, 0.25) is 0 Å². The van der Waals surface area contributed by atoms with Gasteiger partial charge in [0.25, 0.3) is 5.56 Å². The van der Waals surface area contributed by atoms with Crippen LogP contribution in [0.3, 0.4) is 0 Å². The van der Waals surface area contributed by atoms with Crippen molar-refractivity contribution in [3.63, 3.8) is 0 Å². The molecule has 2 N–H and O–H groups in total. The lowest BCUT2D eigenvalue weighted by molar-refractivity contribution is -0.332. The highest BCUT2D eigenvalue weighted by Gasteiger charge is 2.62. The molecule has 0 radical (unpaired) electrons. The van der Waals surface area contributed by atoms with E-state index in [1.54, 1.807) is 0 Å². The second kappa shape index (κ2) is 5.91. The quantitative estimate of drug-likeness (QED) is 0.815. The second-order valence-electron chi connectivity index (χ2n) is 6.34. The first-order chi connectivity index (χ1) is 12.0. The maximum Gasteiger partial charge on any atom is 0.328 e. The van der Waals surface area contributed by atoms with Gasteiger partial charge in [-0.05, 0) is 5.56 Å². The van der Waals surface area contributed by atoms with Gasteiger partial charge in [-0.25, -0.2) is 9.18 Å². The van der Waals surface area contributed by atoms with Gasteiger partial charge in [0.05, 0.1) is 19.3 Å². The molecule has 1 aromatic carbocycles. The normalized spacial score (nSPS) is 34.6. The van der Waals surface area contributed by atoms with Crippen LogP contribution in [0, 0.1) is 0 Å². The van der Waals surface area contributed by atoms with E-state index in [1.165, 1.54) is 6.20 Å². The molecule has 2 aromatic rings. The molecule has 2 fully saturated rings. The number of benzene rings is 1. The zero-order valence-corrected chi connectivity index (χ0v) is 13.2. The number of rotatable bonds is 2. The predicted molar refractivity (Wildman–Crippen MR) is 85.1 cm³/mol. The fourth-order valence-corrected chi connectivity index (χ4v) is 3.51. The van der Waals surface area contributed by atoms with Crippen LogP contribution in [-0.4, -0.2) is 45.7 Å². The Labute approximate surface area is 141 Å². The topological polar surface area (TPSA) is 93.5 Å². The summed E-state index contributed by atoms with van der Waals surface area (Å²) in [5.41, 5.74) is -1.69. The van der Waals surface area contributed by atoms with Crippen molar-refractivity contribution < 1.29 is 19.0 Å². The van der Waals surface area contributed by atoms with E-state index in [-0.39, 0.29) is 13.2 Å². The van der Waals surface area contributed by atoms with Gasteiger partial charge in [-0.15, -0.1) is 0 Å². The summed E-state index contributed by atoms with van der Waals surface area (Å²) in [7, 11) is 0. The third-order valence-corrected chi connectivity index (χ3v) is 4.92. The minimum atomic E-state index is -1.74. The molecule has 0 saturated carbocycles. The molecule has 5 atom stereocenters. The molecule has 4 rings (SSSR count). The van der Waals surface area contributed by atoms with Crippen molar-refractivity contribution in [2.75, 3.05) is 13.2 Å². The van der Waals surface area contributed by atoms with Crippen molar-refractivity contribution in [1.82, 2.24) is 9.55 Å². The summed E-state index contributed by atoms with van der Waals surface area (Å²) in [5.74, 6) is 0. The van der Waals surface area contributed by atoms with Gasteiger partial charge in [-0.1, -0.05) is 30.3 Å². The van der Waals surface area contributed by atoms with E-state index in [9.17, 15) is 19.1 Å². The van der Waals surface area contributed by atoms with E-state index < -0.39 is 41.3 Å². The summed E-state index contributed by atoms with van der Waals surface area (Å²) in [6, 6.07) is 9.27. The maximum absolute atomic E-state index is 15.0. The summed E-state index contributed by atoms with van der Waals surface area (Å²) in [5, 5.41) is 10.6. The Morgan fingerprint density at radius 1 is 1.24 bits per heavy atom. The zero-order chi connectivity index (χ0) is 17.6. The Balaban J connectivity index is 1.63. The summed E-state index contributed by atoms with van der Waals surface area (Å²) in [6.07, 6.45) is -2.58. The van der Waals surface area contributed by atoms with E-state index in [1.807, 2.05) is 30.3 Å². The largest absolute Gasteiger partial charge is 0.387 e. The standard InChI is InChI=1S/C17H17FN2O5/c18-13-11(20-7-6-12(21)19-16(20)23)8-25-17(14(13)22)9-24-15(17)10-4-2-1-3-5-10/h1-7,11,13-15,22H,8-9H2,(H,19,21,23). The number of hydrogen-bond acceptors (Lipinski definition) is 5. The summed E-state index contributed by atoms with van der Waals surface area (Å²) in [4.78, 5) is 25.1. The first-order valence-electron chi connectivity index (χ1n) is 7.97. The van der Waals surface area contributed by atoms with Crippen LogP contribution < -0.4 is 11.2 Å². The number of aromatic amines is 1. The molecule has 3 heterocycles. The highest BCUT2D eigenvalue weighted by atomic mass is 19.1. The van der Waals surface area contributed by atoms with Gasteiger partial charge < -0.3 is 14.6 Å². The minimum Gasteiger partial charge on any atom is -0.387 e. The molecule has 2 aliphatic heterocycles. The van der Waals surface area contributed by atoms with E-state index in [4.69, 9.17) is 9.47 Å². The zero-order valence-electron chi connectivity index (χ0n) is 13.2. The van der Waals surface area contributed by atoms with Gasteiger partial charge in [-0.3, -0.25) is 14.3 Å².